The molecule has 0 bridgehead atoms. The van der Waals surface area contributed by atoms with Crippen molar-refractivity contribution < 1.29 is 48.1 Å². The summed E-state index contributed by atoms with van der Waals surface area (Å²) in [5, 5.41) is 23.6. The predicted molar refractivity (Wildman–Crippen MR) is 179 cm³/mol. The number of nitrogens with zero attached hydrogens (tertiary/aromatic N) is 4. The summed E-state index contributed by atoms with van der Waals surface area (Å²) < 4.78 is 10.6. The lowest BCUT2D eigenvalue weighted by Gasteiger charge is -2.27. The fourth-order valence-electron chi connectivity index (χ4n) is 6.44. The van der Waals surface area contributed by atoms with E-state index >= 15 is 0 Å². The van der Waals surface area contributed by atoms with Crippen LogP contribution in [-0.4, -0.2) is 81.5 Å². The van der Waals surface area contributed by atoms with Crippen molar-refractivity contribution in [2.45, 2.75) is 0 Å². The van der Waals surface area contributed by atoms with Crippen LogP contribution in [0.25, 0.3) is 21.5 Å². The molecule has 0 aromatic heterocycles. The molecule has 0 N–H and O–H groups in total. The van der Waals surface area contributed by atoms with E-state index in [1.54, 1.807) is 0 Å². The molecular weight excluding hydrogens is 680 g/mol. The first-order valence-electron chi connectivity index (χ1n) is 15.6. The van der Waals surface area contributed by atoms with Crippen LogP contribution in [0, 0.1) is 20.2 Å². The van der Waals surface area contributed by atoms with Crippen molar-refractivity contribution in [3.05, 3.63) is 139 Å². The number of hydrogen-bond donors (Lipinski definition) is 0. The van der Waals surface area contributed by atoms with E-state index in [9.17, 15) is 49.0 Å². The van der Waals surface area contributed by atoms with E-state index in [4.69, 9.17) is 9.47 Å². The lowest BCUT2D eigenvalue weighted by atomic mass is 9.93. The molecule has 0 atom stereocenters. The Hall–Kier alpha value is -7.36. The van der Waals surface area contributed by atoms with Crippen LogP contribution in [0.1, 0.15) is 62.1 Å². The Morgan fingerprint density at radius 1 is 0.519 bits per heavy atom. The number of rotatable bonds is 10. The van der Waals surface area contributed by atoms with Crippen molar-refractivity contribution in [3.63, 3.8) is 0 Å². The first kappa shape index (κ1) is 33.2. The third-order valence-corrected chi connectivity index (χ3v) is 8.79. The Kier molecular flexibility index (Phi) is 8.18. The van der Waals surface area contributed by atoms with Crippen LogP contribution in [0.4, 0.5) is 11.4 Å². The molecule has 16 heteroatoms. The first-order chi connectivity index (χ1) is 25.0. The van der Waals surface area contributed by atoms with E-state index in [0.29, 0.717) is 0 Å². The number of carbonyl (C=O) groups is 6. The maximum Gasteiger partial charge on any atom is 0.339 e. The Balaban J connectivity index is 0.997. The summed E-state index contributed by atoms with van der Waals surface area (Å²) in [7, 11) is 0. The van der Waals surface area contributed by atoms with Crippen LogP contribution in [0.5, 0.6) is 0 Å². The highest BCUT2D eigenvalue weighted by Crippen LogP contribution is 2.36. The largest absolute Gasteiger partial charge is 0.460 e. The van der Waals surface area contributed by atoms with Crippen LogP contribution in [0.2, 0.25) is 0 Å². The normalized spacial score (nSPS) is 13.5. The zero-order valence-corrected chi connectivity index (χ0v) is 26.6. The van der Waals surface area contributed by atoms with Gasteiger partial charge in [0.1, 0.15) is 13.2 Å². The molecule has 5 aromatic rings. The van der Waals surface area contributed by atoms with Gasteiger partial charge in [-0.2, -0.15) is 0 Å². The van der Waals surface area contributed by atoms with Crippen molar-refractivity contribution in [1.82, 2.24) is 9.80 Å². The molecule has 2 aliphatic heterocycles. The van der Waals surface area contributed by atoms with Gasteiger partial charge in [-0.05, 0) is 48.5 Å². The van der Waals surface area contributed by atoms with Gasteiger partial charge in [-0.3, -0.25) is 49.2 Å². The predicted octanol–water partition coefficient (Wildman–Crippen LogP) is 4.72. The molecule has 2 aliphatic rings. The second kappa shape index (κ2) is 12.8. The van der Waals surface area contributed by atoms with Gasteiger partial charge in [-0.15, -0.1) is 0 Å². The second-order valence-electron chi connectivity index (χ2n) is 11.6. The molecule has 7 rings (SSSR count). The quantitative estimate of drug-likeness (QED) is 0.0837. The van der Waals surface area contributed by atoms with Gasteiger partial charge in [0.05, 0.1) is 44.8 Å². The highest BCUT2D eigenvalue weighted by atomic mass is 16.6. The molecule has 0 saturated carbocycles. The van der Waals surface area contributed by atoms with Crippen molar-refractivity contribution in [2.75, 3.05) is 26.3 Å². The summed E-state index contributed by atoms with van der Waals surface area (Å²) in [6, 6.07) is 19.1. The number of nitro groups is 2. The monoisotopic (exact) mass is 702 g/mol. The van der Waals surface area contributed by atoms with Crippen molar-refractivity contribution in [2.24, 2.45) is 0 Å². The molecule has 4 amide bonds. The zero-order valence-electron chi connectivity index (χ0n) is 26.6. The average Bonchev–Trinajstić information content (AvgIpc) is 3.14. The molecule has 16 nitrogen and oxygen atoms in total. The fraction of sp³-hybridized carbons (Fsp3) is 0.111. The number of esters is 2. The van der Waals surface area contributed by atoms with E-state index in [1.807, 2.05) is 0 Å². The Bertz CT molecular complexity index is 2260. The highest BCUT2D eigenvalue weighted by Gasteiger charge is 2.36. The minimum atomic E-state index is -0.970. The van der Waals surface area contributed by atoms with Crippen LogP contribution in [0.15, 0.2) is 84.9 Å². The summed E-state index contributed by atoms with van der Waals surface area (Å²) in [5.41, 5.74) is -0.596. The molecular formula is C36H22N4O12. The average molecular weight is 703 g/mol. The van der Waals surface area contributed by atoms with Crippen LogP contribution >= 0.6 is 0 Å². The maximum atomic E-state index is 13.2. The fourth-order valence-corrected chi connectivity index (χ4v) is 6.44. The van der Waals surface area contributed by atoms with Gasteiger partial charge in [0.2, 0.25) is 0 Å². The third kappa shape index (κ3) is 5.34. The lowest BCUT2D eigenvalue weighted by molar-refractivity contribution is -0.383. The number of carbonyl (C=O) groups excluding carboxylic acids is 6. The number of amides is 4. The minimum absolute atomic E-state index is 0.0772. The van der Waals surface area contributed by atoms with Crippen molar-refractivity contribution in [1.29, 1.82) is 0 Å². The molecule has 0 fully saturated rings. The van der Waals surface area contributed by atoms with E-state index in [-0.39, 0.29) is 79.4 Å². The van der Waals surface area contributed by atoms with Gasteiger partial charge in [-0.1, -0.05) is 24.3 Å². The Morgan fingerprint density at radius 3 is 1.25 bits per heavy atom. The van der Waals surface area contributed by atoms with Crippen LogP contribution in [-0.2, 0) is 9.47 Å². The smallest absolute Gasteiger partial charge is 0.339 e. The molecule has 0 unspecified atom stereocenters. The number of non-ortho nitro benzene ring substituents is 2. The molecule has 0 radical (unpaired) electrons. The number of ether oxygens (including phenoxy) is 2. The lowest BCUT2D eigenvalue weighted by Crippen LogP contribution is -2.42. The standard InChI is InChI=1S/C36H22N4O12/c41-31-23-9-3-7-21-27(39(47)48)13-11-25(29(21)23)33(43)37(31)15-17-51-35(45)19-5-1-2-6-20(19)36(46)52-18-16-38-32(42)24-10-4-8-22-28(40(49)50)14-12-26(30(22)24)34(38)44/h1-14H,15-18H2. The molecule has 0 aliphatic carbocycles. The maximum absolute atomic E-state index is 13.2. The van der Waals surface area contributed by atoms with Crippen LogP contribution < -0.4 is 0 Å². The minimum Gasteiger partial charge on any atom is -0.460 e. The van der Waals surface area contributed by atoms with Gasteiger partial charge in [0.25, 0.3) is 35.0 Å². The molecule has 0 saturated heterocycles. The van der Waals surface area contributed by atoms with E-state index in [1.165, 1.54) is 84.9 Å². The first-order valence-corrected chi connectivity index (χ1v) is 15.6. The van der Waals surface area contributed by atoms with Crippen LogP contribution in [0.3, 0.4) is 0 Å². The van der Waals surface area contributed by atoms with Crippen molar-refractivity contribution >= 4 is 68.5 Å². The number of hydrogen-bond acceptors (Lipinski definition) is 12. The van der Waals surface area contributed by atoms with E-state index < -0.39 is 58.6 Å². The molecule has 258 valence electrons. The number of imide groups is 2. The third-order valence-electron chi connectivity index (χ3n) is 8.79. The van der Waals surface area contributed by atoms with Gasteiger partial charge < -0.3 is 9.47 Å². The second-order valence-corrected chi connectivity index (χ2v) is 11.6. The summed E-state index contributed by atoms with van der Waals surface area (Å²) >= 11 is 0. The zero-order chi connectivity index (χ0) is 36.8. The summed E-state index contributed by atoms with van der Waals surface area (Å²) in [6.07, 6.45) is 0. The SMILES string of the molecule is O=C(OCCN1C(=O)c2cccc3c([N+](=O)[O-])ccc(c23)C1=O)c1ccccc1C(=O)OCCN1C(=O)c2cccc3c([N+](=O)[O-])ccc(c23)C1=O. The molecule has 0 spiro atoms. The topological polar surface area (TPSA) is 214 Å². The number of nitro benzene ring substituents is 2. The van der Waals surface area contributed by atoms with Gasteiger partial charge in [0, 0.05) is 45.2 Å². The van der Waals surface area contributed by atoms with Gasteiger partial charge in [0.15, 0.2) is 0 Å². The summed E-state index contributed by atoms with van der Waals surface area (Å²) in [5.74, 6) is -4.84. The number of benzene rings is 5. The highest BCUT2D eigenvalue weighted by molar-refractivity contribution is 6.27. The van der Waals surface area contributed by atoms with Gasteiger partial charge in [-0.25, -0.2) is 9.59 Å². The van der Waals surface area contributed by atoms with Gasteiger partial charge >= 0.3 is 11.9 Å². The molecule has 5 aromatic carbocycles. The Labute approximate surface area is 291 Å². The molecule has 2 heterocycles. The summed E-state index contributed by atoms with van der Waals surface area (Å²) in [4.78, 5) is 103. The van der Waals surface area contributed by atoms with E-state index in [0.717, 1.165) is 9.80 Å². The van der Waals surface area contributed by atoms with E-state index in [2.05, 4.69) is 0 Å². The van der Waals surface area contributed by atoms with Crippen molar-refractivity contribution in [3.8, 4) is 0 Å². The summed E-state index contributed by atoms with van der Waals surface area (Å²) in [6.45, 7) is -1.61. The molecule has 52 heavy (non-hydrogen) atoms. The Morgan fingerprint density at radius 2 is 0.885 bits per heavy atom.